The zero-order valence-corrected chi connectivity index (χ0v) is 12.3. The van der Waals surface area contributed by atoms with Gasteiger partial charge in [0.1, 0.15) is 0 Å². The lowest BCUT2D eigenvalue weighted by atomic mass is 9.91. The highest BCUT2D eigenvalue weighted by atomic mass is 28.1. The quantitative estimate of drug-likeness (QED) is 0.717. The van der Waals surface area contributed by atoms with Crippen molar-refractivity contribution in [3.05, 3.63) is 22.8 Å². The molecule has 1 N–H and O–H groups in total. The summed E-state index contributed by atoms with van der Waals surface area (Å²) in [7, 11) is 1.91. The maximum absolute atomic E-state index is 3.71. The fourth-order valence-electron chi connectivity index (χ4n) is 2.18. The minimum atomic E-state index is 0.0225. The Hall–Kier alpha value is -0.473. The Morgan fingerprint density at radius 3 is 2.20 bits per heavy atom. The van der Waals surface area contributed by atoms with Crippen LogP contribution in [-0.4, -0.2) is 26.6 Å². The smallest absolute Gasteiger partial charge is 0.0566 e. The third-order valence-corrected chi connectivity index (χ3v) is 4.55. The largest absolute Gasteiger partial charge is 0.297 e. The van der Waals surface area contributed by atoms with Crippen LogP contribution in [0.25, 0.3) is 0 Å². The Morgan fingerprint density at radius 1 is 1.33 bits per heavy atom. The Bertz CT molecular complexity index is 350. The van der Waals surface area contributed by atoms with Gasteiger partial charge in [-0.15, -0.1) is 0 Å². The molecular weight excluding hydrogens is 198 g/mol. The van der Waals surface area contributed by atoms with E-state index in [0.29, 0.717) is 0 Å². The summed E-state index contributed by atoms with van der Waals surface area (Å²) >= 11 is 0. The van der Waals surface area contributed by atoms with Crippen molar-refractivity contribution in [3.63, 3.8) is 0 Å². The first-order chi connectivity index (χ1) is 6.72. The molecule has 0 saturated carbocycles. The number of rotatable bonds is 3. The predicted octanol–water partition coefficient (Wildman–Crippen LogP) is 1.84. The maximum Gasteiger partial charge on any atom is 0.0566 e. The van der Waals surface area contributed by atoms with Crippen LogP contribution in [0, 0.1) is 0 Å². The summed E-state index contributed by atoms with van der Waals surface area (Å²) in [5, 5.41) is 3.71. The second-order valence-corrected chi connectivity index (χ2v) is 5.74. The Labute approximate surface area is 96.7 Å². The van der Waals surface area contributed by atoms with Gasteiger partial charge in [0.05, 0.1) is 5.54 Å². The van der Waals surface area contributed by atoms with E-state index in [2.05, 4.69) is 58.6 Å². The van der Waals surface area contributed by atoms with Crippen molar-refractivity contribution >= 4 is 15.5 Å². The average Bonchev–Trinajstić information content (AvgIpc) is 2.30. The third kappa shape index (κ3) is 2.37. The molecule has 84 valence electrons. The summed E-state index contributed by atoms with van der Waals surface area (Å²) in [6, 6.07) is 0. The zero-order chi connectivity index (χ0) is 11.9. The van der Waals surface area contributed by atoms with Crippen LogP contribution in [0.3, 0.4) is 0 Å². The van der Waals surface area contributed by atoms with Crippen molar-refractivity contribution in [2.24, 2.45) is 0 Å². The monoisotopic (exact) mass is 221 g/mol. The molecule has 0 aliphatic heterocycles. The molecule has 0 bridgehead atoms. The van der Waals surface area contributed by atoms with Crippen LogP contribution in [-0.2, 0) is 0 Å². The second kappa shape index (κ2) is 3.83. The van der Waals surface area contributed by atoms with Crippen LogP contribution < -0.4 is 5.32 Å². The third-order valence-electron chi connectivity index (χ3n) is 3.53. The minimum Gasteiger partial charge on any atom is -0.297 e. The highest BCUT2D eigenvalue weighted by Crippen LogP contribution is 2.34. The molecule has 0 amide bonds. The standard InChI is InChI=1S/C13H23NSi/c1-9-7-13(6,11(3)10(9)2)14-12(4,5)8-15/h7-8,14H,15H2,1-6H3. The van der Waals surface area contributed by atoms with Crippen LogP contribution in [0.5, 0.6) is 0 Å². The fraction of sp³-hybridized carbons (Fsp3) is 0.615. The zero-order valence-electron chi connectivity index (χ0n) is 10.9. The van der Waals surface area contributed by atoms with Gasteiger partial charge in [0.25, 0.3) is 0 Å². The highest BCUT2D eigenvalue weighted by Gasteiger charge is 2.34. The molecule has 0 radical (unpaired) electrons. The molecule has 2 heteroatoms. The predicted molar refractivity (Wildman–Crippen MR) is 72.4 cm³/mol. The Kier molecular flexibility index (Phi) is 3.22. The van der Waals surface area contributed by atoms with Gasteiger partial charge in [-0.05, 0) is 62.5 Å². The molecule has 0 spiro atoms. The first-order valence-electron chi connectivity index (χ1n) is 5.52. The summed E-state index contributed by atoms with van der Waals surface area (Å²) in [5.41, 5.74) is 6.61. The topological polar surface area (TPSA) is 12.0 Å². The van der Waals surface area contributed by atoms with Gasteiger partial charge in [0, 0.05) is 5.54 Å². The van der Waals surface area contributed by atoms with Gasteiger partial charge >= 0.3 is 0 Å². The van der Waals surface area contributed by atoms with E-state index >= 15 is 0 Å². The minimum absolute atomic E-state index is 0.0225. The fourth-order valence-corrected chi connectivity index (χ4v) is 2.29. The van der Waals surface area contributed by atoms with Crippen LogP contribution in [0.15, 0.2) is 22.8 Å². The van der Waals surface area contributed by atoms with Crippen molar-refractivity contribution in [2.75, 3.05) is 0 Å². The van der Waals surface area contributed by atoms with E-state index in [1.165, 1.54) is 16.7 Å². The van der Waals surface area contributed by atoms with E-state index in [1.807, 2.05) is 9.85 Å². The van der Waals surface area contributed by atoms with E-state index in [4.69, 9.17) is 0 Å². The summed E-state index contributed by atoms with van der Waals surface area (Å²) in [5.74, 6) is 0. The first kappa shape index (κ1) is 12.6. The van der Waals surface area contributed by atoms with Gasteiger partial charge in [-0.3, -0.25) is 5.32 Å². The molecule has 0 aromatic rings. The second-order valence-electron chi connectivity index (χ2n) is 5.33. The van der Waals surface area contributed by atoms with Gasteiger partial charge in [-0.25, -0.2) is 0 Å². The van der Waals surface area contributed by atoms with Gasteiger partial charge in [-0.1, -0.05) is 17.3 Å². The molecule has 1 atom stereocenters. The molecule has 0 saturated heterocycles. The van der Waals surface area contributed by atoms with E-state index in [-0.39, 0.29) is 11.1 Å². The van der Waals surface area contributed by atoms with Crippen molar-refractivity contribution in [1.29, 1.82) is 0 Å². The van der Waals surface area contributed by atoms with Crippen LogP contribution in [0.4, 0.5) is 0 Å². The maximum atomic E-state index is 3.71. The Balaban J connectivity index is 3.02. The number of hydrogen-bond donors (Lipinski definition) is 1. The van der Waals surface area contributed by atoms with Gasteiger partial charge in [0.15, 0.2) is 0 Å². The molecular formula is C13H23NSi. The highest BCUT2D eigenvalue weighted by molar-refractivity contribution is 6.30. The normalized spacial score (nSPS) is 26.9. The van der Waals surface area contributed by atoms with Crippen LogP contribution in [0.2, 0.25) is 0 Å². The molecule has 1 rings (SSSR count). The summed E-state index contributed by atoms with van der Waals surface area (Å²) < 4.78 is 0. The number of hydrogen-bond acceptors (Lipinski definition) is 1. The molecule has 1 aliphatic carbocycles. The first-order valence-corrected chi connectivity index (χ1v) is 6.34. The molecule has 0 aromatic carbocycles. The summed E-state index contributed by atoms with van der Waals surface area (Å²) in [4.78, 5) is 0. The molecule has 1 aliphatic rings. The lowest BCUT2D eigenvalue weighted by Gasteiger charge is -2.35. The van der Waals surface area contributed by atoms with E-state index < -0.39 is 0 Å². The lowest BCUT2D eigenvalue weighted by molar-refractivity contribution is 0.406. The molecule has 0 fully saturated rings. The van der Waals surface area contributed by atoms with Gasteiger partial charge in [0.2, 0.25) is 0 Å². The van der Waals surface area contributed by atoms with Crippen molar-refractivity contribution in [2.45, 2.75) is 52.6 Å². The molecule has 0 aromatic heterocycles. The van der Waals surface area contributed by atoms with Gasteiger partial charge in [-0.2, -0.15) is 0 Å². The molecule has 15 heavy (non-hydrogen) atoms. The average molecular weight is 221 g/mol. The van der Waals surface area contributed by atoms with Crippen LogP contribution >= 0.6 is 0 Å². The molecule has 0 heterocycles. The SMILES string of the molecule is CC1=CC(C)(NC(C)(C)C=[SiH2])C(C)=C1C. The van der Waals surface area contributed by atoms with Crippen LogP contribution in [0.1, 0.15) is 41.5 Å². The lowest BCUT2D eigenvalue weighted by Crippen LogP contribution is -2.53. The Morgan fingerprint density at radius 2 is 1.87 bits per heavy atom. The van der Waals surface area contributed by atoms with Gasteiger partial charge < -0.3 is 0 Å². The van der Waals surface area contributed by atoms with Crippen molar-refractivity contribution < 1.29 is 0 Å². The van der Waals surface area contributed by atoms with Crippen molar-refractivity contribution in [3.8, 4) is 0 Å². The van der Waals surface area contributed by atoms with E-state index in [0.717, 1.165) is 0 Å². The number of nitrogens with one attached hydrogen (secondary N) is 1. The summed E-state index contributed by atoms with van der Waals surface area (Å²) in [6.45, 7) is 13.3. The summed E-state index contributed by atoms with van der Waals surface area (Å²) in [6.07, 6.45) is 2.34. The van der Waals surface area contributed by atoms with E-state index in [1.54, 1.807) is 0 Å². The van der Waals surface area contributed by atoms with E-state index in [9.17, 15) is 0 Å². The van der Waals surface area contributed by atoms with Crippen molar-refractivity contribution in [1.82, 2.24) is 5.32 Å². The molecule has 1 unspecified atom stereocenters. The number of allylic oxidation sites excluding steroid dienone is 2. The molecule has 1 nitrogen and oxygen atoms in total.